The van der Waals surface area contributed by atoms with Crippen LogP contribution in [-0.4, -0.2) is 35.3 Å². The maximum absolute atomic E-state index is 8.88. The molecule has 2 nitrogen and oxygen atoms in total. The van der Waals surface area contributed by atoms with Crippen molar-refractivity contribution in [3.05, 3.63) is 0 Å². The Morgan fingerprint density at radius 3 is 3.00 bits per heavy atom. The molecule has 1 fully saturated rings. The molecule has 0 amide bonds. The zero-order valence-corrected chi connectivity index (χ0v) is 9.44. The minimum Gasteiger partial charge on any atom is -0.396 e. The monoisotopic (exact) mass is 203 g/mol. The summed E-state index contributed by atoms with van der Waals surface area (Å²) < 4.78 is 0. The van der Waals surface area contributed by atoms with E-state index in [1.807, 2.05) is 0 Å². The molecule has 0 aromatic carbocycles. The molecule has 1 aliphatic heterocycles. The van der Waals surface area contributed by atoms with Gasteiger partial charge in [0.1, 0.15) is 0 Å². The molecule has 0 spiro atoms. The topological polar surface area (TPSA) is 32.3 Å². The predicted molar refractivity (Wildman–Crippen MR) is 59.2 cm³/mol. The molecular weight excluding hydrogens is 182 g/mol. The summed E-state index contributed by atoms with van der Waals surface area (Å²) in [6, 6.07) is 0.660. The maximum Gasteiger partial charge on any atom is 0.0468 e. The molecule has 78 valence electrons. The van der Waals surface area contributed by atoms with Crippen molar-refractivity contribution in [2.24, 2.45) is 5.92 Å². The van der Waals surface area contributed by atoms with Crippen LogP contribution in [0.3, 0.4) is 0 Å². The highest BCUT2D eigenvalue weighted by molar-refractivity contribution is 7.99. The van der Waals surface area contributed by atoms with Crippen molar-refractivity contribution < 1.29 is 5.11 Å². The lowest BCUT2D eigenvalue weighted by atomic mass is 10.1. The van der Waals surface area contributed by atoms with Crippen LogP contribution in [0.5, 0.6) is 0 Å². The van der Waals surface area contributed by atoms with Crippen LogP contribution in [0.15, 0.2) is 0 Å². The fraction of sp³-hybridized carbons (Fsp3) is 1.00. The van der Waals surface area contributed by atoms with Crippen LogP contribution in [0.4, 0.5) is 0 Å². The zero-order valence-electron chi connectivity index (χ0n) is 8.62. The predicted octanol–water partition coefficient (Wildman–Crippen LogP) is 1.49. The van der Waals surface area contributed by atoms with E-state index >= 15 is 0 Å². The van der Waals surface area contributed by atoms with Crippen molar-refractivity contribution in [1.82, 2.24) is 5.32 Å². The van der Waals surface area contributed by atoms with Gasteiger partial charge in [-0.25, -0.2) is 0 Å². The van der Waals surface area contributed by atoms with Gasteiger partial charge in [-0.2, -0.15) is 11.8 Å². The average molecular weight is 203 g/mol. The molecule has 1 saturated heterocycles. The van der Waals surface area contributed by atoms with E-state index in [-0.39, 0.29) is 0 Å². The van der Waals surface area contributed by atoms with Gasteiger partial charge in [-0.3, -0.25) is 0 Å². The molecular formula is C10H21NOS. The number of nitrogens with one attached hydrogen (secondary N) is 1. The van der Waals surface area contributed by atoms with Gasteiger partial charge in [0.05, 0.1) is 0 Å². The summed E-state index contributed by atoms with van der Waals surface area (Å²) in [6.07, 6.45) is 2.63. The van der Waals surface area contributed by atoms with E-state index in [2.05, 4.69) is 30.9 Å². The smallest absolute Gasteiger partial charge is 0.0468 e. The zero-order chi connectivity index (χ0) is 9.68. The van der Waals surface area contributed by atoms with Crippen LogP contribution in [0.25, 0.3) is 0 Å². The highest BCUT2D eigenvalue weighted by Crippen LogP contribution is 2.24. The van der Waals surface area contributed by atoms with Gasteiger partial charge in [-0.05, 0) is 24.5 Å². The number of rotatable bonds is 4. The third-order valence-corrected chi connectivity index (χ3v) is 4.03. The van der Waals surface area contributed by atoms with E-state index in [0.717, 1.165) is 11.8 Å². The molecule has 13 heavy (non-hydrogen) atoms. The first-order valence-corrected chi connectivity index (χ1v) is 6.24. The number of aliphatic hydroxyl groups is 1. The van der Waals surface area contributed by atoms with E-state index in [4.69, 9.17) is 5.11 Å². The van der Waals surface area contributed by atoms with Crippen molar-refractivity contribution in [3.8, 4) is 0 Å². The molecule has 3 unspecified atom stereocenters. The van der Waals surface area contributed by atoms with E-state index in [1.54, 1.807) is 0 Å². The van der Waals surface area contributed by atoms with Gasteiger partial charge in [-0.15, -0.1) is 0 Å². The first kappa shape index (κ1) is 11.3. The van der Waals surface area contributed by atoms with Crippen LogP contribution in [0, 0.1) is 5.92 Å². The highest BCUT2D eigenvalue weighted by Gasteiger charge is 2.21. The van der Waals surface area contributed by atoms with Gasteiger partial charge in [0.25, 0.3) is 0 Å². The summed E-state index contributed by atoms with van der Waals surface area (Å²) in [5.74, 6) is 1.70. The van der Waals surface area contributed by atoms with Crippen LogP contribution in [-0.2, 0) is 0 Å². The van der Waals surface area contributed by atoms with Crippen LogP contribution >= 0.6 is 11.8 Å². The molecule has 1 aliphatic rings. The summed E-state index contributed by atoms with van der Waals surface area (Å²) in [5, 5.41) is 13.2. The lowest BCUT2D eigenvalue weighted by molar-refractivity contribution is 0.228. The van der Waals surface area contributed by atoms with E-state index in [9.17, 15) is 0 Å². The van der Waals surface area contributed by atoms with Gasteiger partial charge >= 0.3 is 0 Å². The lowest BCUT2D eigenvalue weighted by Gasteiger charge is -2.30. The summed E-state index contributed by atoms with van der Waals surface area (Å²) in [6.45, 7) is 5.62. The van der Waals surface area contributed by atoms with Gasteiger partial charge < -0.3 is 10.4 Å². The summed E-state index contributed by atoms with van der Waals surface area (Å²) in [4.78, 5) is 0. The molecule has 1 heterocycles. The van der Waals surface area contributed by atoms with E-state index < -0.39 is 0 Å². The third-order valence-electron chi connectivity index (χ3n) is 2.65. The quantitative estimate of drug-likeness (QED) is 0.726. The molecule has 0 aromatic rings. The summed E-state index contributed by atoms with van der Waals surface area (Å²) >= 11 is 2.06. The van der Waals surface area contributed by atoms with Crippen LogP contribution in [0.2, 0.25) is 0 Å². The SMILES string of the molecule is CC(CO)CNC1CCCSC1C. The Hall–Kier alpha value is 0.270. The number of thioether (sulfide) groups is 1. The van der Waals surface area contributed by atoms with Gasteiger partial charge in [0.15, 0.2) is 0 Å². The average Bonchev–Trinajstić information content (AvgIpc) is 2.16. The minimum absolute atomic E-state index is 0.293. The van der Waals surface area contributed by atoms with E-state index in [0.29, 0.717) is 18.6 Å². The number of hydrogen-bond acceptors (Lipinski definition) is 3. The highest BCUT2D eigenvalue weighted by atomic mass is 32.2. The molecule has 0 aliphatic carbocycles. The second kappa shape index (κ2) is 5.89. The van der Waals surface area contributed by atoms with Crippen molar-refractivity contribution in [3.63, 3.8) is 0 Å². The molecule has 0 radical (unpaired) electrons. The maximum atomic E-state index is 8.88. The Kier molecular flexibility index (Phi) is 5.14. The third kappa shape index (κ3) is 3.88. The fourth-order valence-electron chi connectivity index (χ4n) is 1.61. The second-order valence-corrected chi connectivity index (χ2v) is 5.51. The molecule has 2 N–H and O–H groups in total. The molecule has 3 atom stereocenters. The van der Waals surface area contributed by atoms with Crippen LogP contribution in [0.1, 0.15) is 26.7 Å². The van der Waals surface area contributed by atoms with Gasteiger partial charge in [0.2, 0.25) is 0 Å². The molecule has 1 rings (SSSR count). The van der Waals surface area contributed by atoms with Crippen molar-refractivity contribution >= 4 is 11.8 Å². The normalized spacial score (nSPS) is 31.6. The second-order valence-electron chi connectivity index (χ2n) is 4.02. The largest absolute Gasteiger partial charge is 0.396 e. The first-order valence-electron chi connectivity index (χ1n) is 5.20. The molecule has 0 saturated carbocycles. The summed E-state index contributed by atoms with van der Waals surface area (Å²) in [5.41, 5.74) is 0. The molecule has 0 bridgehead atoms. The Morgan fingerprint density at radius 2 is 2.38 bits per heavy atom. The molecule has 0 aromatic heterocycles. The van der Waals surface area contributed by atoms with Crippen molar-refractivity contribution in [1.29, 1.82) is 0 Å². The van der Waals surface area contributed by atoms with Gasteiger partial charge in [-0.1, -0.05) is 13.8 Å². The van der Waals surface area contributed by atoms with Crippen LogP contribution < -0.4 is 5.32 Å². The number of aliphatic hydroxyl groups excluding tert-OH is 1. The Labute approximate surface area is 85.5 Å². The summed E-state index contributed by atoms with van der Waals surface area (Å²) in [7, 11) is 0. The van der Waals surface area contributed by atoms with Crippen molar-refractivity contribution in [2.75, 3.05) is 18.9 Å². The van der Waals surface area contributed by atoms with E-state index in [1.165, 1.54) is 18.6 Å². The van der Waals surface area contributed by atoms with Gasteiger partial charge in [0, 0.05) is 24.4 Å². The van der Waals surface area contributed by atoms with Crippen molar-refractivity contribution in [2.45, 2.75) is 38.0 Å². The fourth-order valence-corrected chi connectivity index (χ4v) is 2.78. The Bertz CT molecular complexity index is 143. The Morgan fingerprint density at radius 1 is 1.62 bits per heavy atom. The number of hydrogen-bond donors (Lipinski definition) is 2. The first-order chi connectivity index (χ1) is 6.24. The standard InChI is InChI=1S/C10H21NOS/c1-8(7-12)6-11-10-4-3-5-13-9(10)2/h8-12H,3-7H2,1-2H3. The Balaban J connectivity index is 2.18. The minimum atomic E-state index is 0.293. The molecule has 3 heteroatoms. The lowest BCUT2D eigenvalue weighted by Crippen LogP contribution is -2.41.